The minimum atomic E-state index is 0.205. The summed E-state index contributed by atoms with van der Waals surface area (Å²) < 4.78 is 5.56. The Labute approximate surface area is 114 Å². The molecule has 0 aliphatic heterocycles. The topological polar surface area (TPSA) is 41.5 Å². The molecule has 0 amide bonds. The Balaban J connectivity index is 2.46. The van der Waals surface area contributed by atoms with Crippen molar-refractivity contribution in [2.45, 2.75) is 39.3 Å². The first-order valence-electron chi connectivity index (χ1n) is 6.39. The monoisotopic (exact) mass is 271 g/mol. The van der Waals surface area contributed by atoms with Crippen molar-refractivity contribution in [3.8, 4) is 5.75 Å². The predicted octanol–water partition coefficient (Wildman–Crippen LogP) is 2.99. The van der Waals surface area contributed by atoms with E-state index in [4.69, 9.17) is 21.4 Å². The number of nitrogens with one attached hydrogen (secondary N) is 1. The van der Waals surface area contributed by atoms with Gasteiger partial charge in [0.05, 0.1) is 11.6 Å². The number of unbranched alkanes of at least 4 members (excludes halogenated alkanes) is 1. The summed E-state index contributed by atoms with van der Waals surface area (Å²) in [7, 11) is 0. The van der Waals surface area contributed by atoms with Crippen molar-refractivity contribution in [3.63, 3.8) is 0 Å². The highest BCUT2D eigenvalue weighted by Crippen LogP contribution is 2.25. The van der Waals surface area contributed by atoms with E-state index in [9.17, 15) is 0 Å². The molecule has 0 aromatic heterocycles. The van der Waals surface area contributed by atoms with Crippen LogP contribution in [-0.2, 0) is 6.54 Å². The van der Waals surface area contributed by atoms with E-state index < -0.39 is 0 Å². The van der Waals surface area contributed by atoms with Crippen LogP contribution in [0.2, 0.25) is 5.02 Å². The number of aliphatic hydroxyl groups excluding tert-OH is 1. The van der Waals surface area contributed by atoms with Gasteiger partial charge in [-0.15, -0.1) is 0 Å². The Kier molecular flexibility index (Phi) is 7.09. The molecule has 0 saturated heterocycles. The number of ether oxygens (including phenoxy) is 1. The van der Waals surface area contributed by atoms with Gasteiger partial charge in [0.2, 0.25) is 0 Å². The van der Waals surface area contributed by atoms with Crippen LogP contribution in [0.4, 0.5) is 0 Å². The summed E-state index contributed by atoms with van der Waals surface area (Å²) in [4.78, 5) is 0. The molecular weight excluding hydrogens is 250 g/mol. The number of hydrogen-bond donors (Lipinski definition) is 2. The van der Waals surface area contributed by atoms with Crippen LogP contribution in [0, 0.1) is 0 Å². The molecule has 4 heteroatoms. The van der Waals surface area contributed by atoms with Crippen molar-refractivity contribution in [2.75, 3.05) is 13.2 Å². The maximum atomic E-state index is 8.67. The van der Waals surface area contributed by atoms with E-state index in [0.29, 0.717) is 23.4 Å². The van der Waals surface area contributed by atoms with E-state index in [1.807, 2.05) is 18.2 Å². The Hall–Kier alpha value is -0.770. The highest BCUT2D eigenvalue weighted by Gasteiger charge is 2.03. The molecule has 102 valence electrons. The van der Waals surface area contributed by atoms with E-state index in [1.54, 1.807) is 0 Å². The van der Waals surface area contributed by atoms with E-state index in [0.717, 1.165) is 24.9 Å². The minimum Gasteiger partial charge on any atom is -0.492 e. The van der Waals surface area contributed by atoms with Gasteiger partial charge in [-0.05, 0) is 30.5 Å². The Morgan fingerprint density at radius 1 is 1.33 bits per heavy atom. The first kappa shape index (κ1) is 15.3. The average Bonchev–Trinajstić information content (AvgIpc) is 2.34. The third-order valence-corrected chi connectivity index (χ3v) is 2.82. The molecule has 0 aliphatic rings. The SMILES string of the molecule is CC(C)NCc1ccc(OCCCCO)c(Cl)c1. The van der Waals surface area contributed by atoms with Gasteiger partial charge in [-0.25, -0.2) is 0 Å². The lowest BCUT2D eigenvalue weighted by Crippen LogP contribution is -2.21. The summed E-state index contributed by atoms with van der Waals surface area (Å²) in [5.41, 5.74) is 1.15. The number of benzene rings is 1. The average molecular weight is 272 g/mol. The molecule has 1 aromatic rings. The molecule has 0 saturated carbocycles. The molecule has 1 aromatic carbocycles. The van der Waals surface area contributed by atoms with Crippen molar-refractivity contribution in [1.82, 2.24) is 5.32 Å². The van der Waals surface area contributed by atoms with Crippen LogP contribution < -0.4 is 10.1 Å². The molecule has 0 unspecified atom stereocenters. The lowest BCUT2D eigenvalue weighted by molar-refractivity contribution is 0.253. The number of aliphatic hydroxyl groups is 1. The van der Waals surface area contributed by atoms with E-state index in [2.05, 4.69) is 19.2 Å². The van der Waals surface area contributed by atoms with E-state index in [-0.39, 0.29) is 6.61 Å². The van der Waals surface area contributed by atoms with Gasteiger partial charge >= 0.3 is 0 Å². The standard InChI is InChI=1S/C14H22ClNO2/c1-11(2)16-10-12-5-6-14(13(15)9-12)18-8-4-3-7-17/h5-6,9,11,16-17H,3-4,7-8,10H2,1-2H3. The van der Waals surface area contributed by atoms with Gasteiger partial charge in [0.15, 0.2) is 0 Å². The smallest absolute Gasteiger partial charge is 0.137 e. The lowest BCUT2D eigenvalue weighted by Gasteiger charge is -2.11. The van der Waals surface area contributed by atoms with Crippen LogP contribution in [0.25, 0.3) is 0 Å². The third kappa shape index (κ3) is 5.71. The number of halogens is 1. The molecule has 0 fully saturated rings. The summed E-state index contributed by atoms with van der Waals surface area (Å²) in [5, 5.41) is 12.7. The molecule has 0 spiro atoms. The van der Waals surface area contributed by atoms with E-state index >= 15 is 0 Å². The molecule has 2 N–H and O–H groups in total. The van der Waals surface area contributed by atoms with Crippen LogP contribution in [0.15, 0.2) is 18.2 Å². The summed E-state index contributed by atoms with van der Waals surface area (Å²) >= 11 is 6.16. The molecular formula is C14H22ClNO2. The molecule has 0 radical (unpaired) electrons. The zero-order chi connectivity index (χ0) is 13.4. The molecule has 3 nitrogen and oxygen atoms in total. The second kappa shape index (κ2) is 8.35. The Morgan fingerprint density at radius 3 is 2.72 bits per heavy atom. The van der Waals surface area contributed by atoms with Crippen LogP contribution in [-0.4, -0.2) is 24.4 Å². The molecule has 0 atom stereocenters. The maximum absolute atomic E-state index is 8.67. The molecule has 0 heterocycles. The fraction of sp³-hybridized carbons (Fsp3) is 0.571. The molecule has 18 heavy (non-hydrogen) atoms. The quantitative estimate of drug-likeness (QED) is 0.714. The first-order chi connectivity index (χ1) is 8.63. The van der Waals surface area contributed by atoms with Crippen molar-refractivity contribution in [2.24, 2.45) is 0 Å². The molecule has 0 aliphatic carbocycles. The van der Waals surface area contributed by atoms with Crippen molar-refractivity contribution < 1.29 is 9.84 Å². The van der Waals surface area contributed by atoms with Gasteiger partial charge in [-0.3, -0.25) is 0 Å². The van der Waals surface area contributed by atoms with Crippen LogP contribution in [0.5, 0.6) is 5.75 Å². The van der Waals surface area contributed by atoms with E-state index in [1.165, 1.54) is 0 Å². The summed E-state index contributed by atoms with van der Waals surface area (Å²) in [6, 6.07) is 6.30. The normalized spacial score (nSPS) is 10.9. The van der Waals surface area contributed by atoms with Gasteiger partial charge in [-0.2, -0.15) is 0 Å². The number of hydrogen-bond acceptors (Lipinski definition) is 3. The second-order valence-electron chi connectivity index (χ2n) is 4.58. The molecule has 1 rings (SSSR count). The maximum Gasteiger partial charge on any atom is 0.137 e. The highest BCUT2D eigenvalue weighted by molar-refractivity contribution is 6.32. The fourth-order valence-corrected chi connectivity index (χ4v) is 1.75. The van der Waals surface area contributed by atoms with Crippen LogP contribution in [0.3, 0.4) is 0 Å². The zero-order valence-corrected chi connectivity index (χ0v) is 11.8. The molecule has 0 bridgehead atoms. The van der Waals surface area contributed by atoms with Gasteiger partial charge in [-0.1, -0.05) is 31.5 Å². The third-order valence-electron chi connectivity index (χ3n) is 2.52. The largest absolute Gasteiger partial charge is 0.492 e. The van der Waals surface area contributed by atoms with Crippen LogP contribution in [0.1, 0.15) is 32.3 Å². The fourth-order valence-electron chi connectivity index (χ4n) is 1.49. The summed E-state index contributed by atoms with van der Waals surface area (Å²) in [6.45, 7) is 5.82. The minimum absolute atomic E-state index is 0.205. The number of rotatable bonds is 8. The van der Waals surface area contributed by atoms with Crippen molar-refractivity contribution in [1.29, 1.82) is 0 Å². The second-order valence-corrected chi connectivity index (χ2v) is 4.99. The Bertz CT molecular complexity index is 356. The van der Waals surface area contributed by atoms with Gasteiger partial charge in [0.1, 0.15) is 5.75 Å². The van der Waals surface area contributed by atoms with Gasteiger partial charge in [0.25, 0.3) is 0 Å². The lowest BCUT2D eigenvalue weighted by atomic mass is 10.2. The van der Waals surface area contributed by atoms with Crippen LogP contribution >= 0.6 is 11.6 Å². The van der Waals surface area contributed by atoms with Crippen molar-refractivity contribution >= 4 is 11.6 Å². The van der Waals surface area contributed by atoms with Gasteiger partial charge < -0.3 is 15.2 Å². The van der Waals surface area contributed by atoms with Gasteiger partial charge in [0, 0.05) is 19.2 Å². The predicted molar refractivity (Wildman–Crippen MR) is 75.2 cm³/mol. The summed E-state index contributed by atoms with van der Waals surface area (Å²) in [5.74, 6) is 0.711. The summed E-state index contributed by atoms with van der Waals surface area (Å²) in [6.07, 6.45) is 1.59. The zero-order valence-electron chi connectivity index (χ0n) is 11.1. The Morgan fingerprint density at radius 2 is 2.11 bits per heavy atom. The van der Waals surface area contributed by atoms with Crippen molar-refractivity contribution in [3.05, 3.63) is 28.8 Å². The first-order valence-corrected chi connectivity index (χ1v) is 6.76. The highest BCUT2D eigenvalue weighted by atomic mass is 35.5.